The molecule has 15 nitrogen and oxygen atoms in total. The van der Waals surface area contributed by atoms with Crippen molar-refractivity contribution >= 4 is 41.6 Å². The predicted molar refractivity (Wildman–Crippen MR) is 190 cm³/mol. The summed E-state index contributed by atoms with van der Waals surface area (Å²) in [6.07, 6.45) is -3.59. The molecule has 4 rings (SSSR count). The minimum Gasteiger partial charge on any atom is -0.489 e. The van der Waals surface area contributed by atoms with Crippen LogP contribution in [0.1, 0.15) is 65.0 Å². The van der Waals surface area contributed by atoms with Gasteiger partial charge in [0.1, 0.15) is 24.9 Å². The zero-order valence-corrected chi connectivity index (χ0v) is 31.0. The standard InChI is InChI=1S/C37H42N2O13S/c1-20-31(32(33(39(45)46)21(2)38-20)27-14-10-11-15-28(27)49-18-26-12-8-7-9-13-26)37(44)47-17-16-29-34(50-23(4)41)36(52-25(6)43)35(51-24(5)42)30(53-29)19-48-22(3)40/h7-15,29-30,32,34-36,38H,16-19H2,1-6H3/t29-,30+,32?,34+,35-,36-/m1/s1. The number of nitrogens with zero attached hydrogens (tertiary/aromatic N) is 1. The number of ether oxygens (including phenoxy) is 6. The van der Waals surface area contributed by atoms with Crippen molar-refractivity contribution in [1.82, 2.24) is 5.32 Å². The lowest BCUT2D eigenvalue weighted by molar-refractivity contribution is -0.431. The zero-order valence-electron chi connectivity index (χ0n) is 30.2. The van der Waals surface area contributed by atoms with E-state index in [1.54, 1.807) is 38.1 Å². The Bertz CT molecular complexity index is 1780. The van der Waals surface area contributed by atoms with Crippen LogP contribution in [0.25, 0.3) is 0 Å². The Balaban J connectivity index is 1.63. The Kier molecular flexibility index (Phi) is 14.0. The van der Waals surface area contributed by atoms with Gasteiger partial charge in [-0.05, 0) is 31.9 Å². The maximum atomic E-state index is 14.0. The van der Waals surface area contributed by atoms with Gasteiger partial charge in [0.05, 0.1) is 28.1 Å². The minimum atomic E-state index is -1.29. The van der Waals surface area contributed by atoms with Crippen molar-refractivity contribution < 1.29 is 57.3 Å². The molecule has 1 fully saturated rings. The Morgan fingerprint density at radius 3 is 1.94 bits per heavy atom. The smallest absolute Gasteiger partial charge is 0.336 e. The van der Waals surface area contributed by atoms with E-state index in [-0.39, 0.29) is 43.2 Å². The number of carbonyl (C=O) groups excluding carboxylic acids is 5. The van der Waals surface area contributed by atoms with Crippen molar-refractivity contribution in [2.24, 2.45) is 0 Å². The van der Waals surface area contributed by atoms with Gasteiger partial charge in [-0.2, -0.15) is 0 Å². The number of hydrogen-bond donors (Lipinski definition) is 1. The number of rotatable bonds is 14. The van der Waals surface area contributed by atoms with Crippen molar-refractivity contribution in [3.8, 4) is 5.75 Å². The van der Waals surface area contributed by atoms with Crippen LogP contribution in [0.2, 0.25) is 0 Å². The summed E-state index contributed by atoms with van der Waals surface area (Å²) >= 11 is 1.15. The second-order valence-electron chi connectivity index (χ2n) is 12.3. The molecule has 53 heavy (non-hydrogen) atoms. The van der Waals surface area contributed by atoms with Crippen LogP contribution in [0, 0.1) is 10.1 Å². The van der Waals surface area contributed by atoms with E-state index in [1.807, 2.05) is 30.3 Å². The lowest BCUT2D eigenvalue weighted by Crippen LogP contribution is -2.58. The number of allylic oxidation sites excluding steroid dienone is 3. The van der Waals surface area contributed by atoms with E-state index >= 15 is 0 Å². The highest BCUT2D eigenvalue weighted by molar-refractivity contribution is 8.00. The fourth-order valence-electron chi connectivity index (χ4n) is 6.28. The molecule has 2 aromatic rings. The van der Waals surface area contributed by atoms with E-state index < -0.39 is 69.5 Å². The third kappa shape index (κ3) is 10.6. The number of nitrogens with one attached hydrogen (secondary N) is 1. The van der Waals surface area contributed by atoms with Crippen LogP contribution in [0.15, 0.2) is 77.3 Å². The van der Waals surface area contributed by atoms with Gasteiger partial charge in [0, 0.05) is 44.2 Å². The molecule has 0 bridgehead atoms. The zero-order chi connectivity index (χ0) is 38.8. The summed E-state index contributed by atoms with van der Waals surface area (Å²) < 4.78 is 33.8. The van der Waals surface area contributed by atoms with Crippen LogP contribution < -0.4 is 10.1 Å². The van der Waals surface area contributed by atoms with Gasteiger partial charge in [-0.1, -0.05) is 48.5 Å². The largest absolute Gasteiger partial charge is 0.489 e. The van der Waals surface area contributed by atoms with Crippen molar-refractivity contribution in [3.05, 3.63) is 98.5 Å². The summed E-state index contributed by atoms with van der Waals surface area (Å²) in [4.78, 5) is 74.3. The highest BCUT2D eigenvalue weighted by Gasteiger charge is 2.51. The number of dihydropyridines is 1. The number of carbonyl (C=O) groups is 5. The predicted octanol–water partition coefficient (Wildman–Crippen LogP) is 4.51. The molecule has 1 N–H and O–H groups in total. The SMILES string of the molecule is CC(=O)OC[C@@H]1S[C@H](CCOC(=O)C2=C(C)NC(C)=C([N+](=O)[O-])C2c2ccccc2OCc2ccccc2)[C@H](OC(C)=O)[C@@H](OC(C)=O)[C@@H]1OC(C)=O. The fraction of sp³-hybridized carbons (Fsp3) is 0.432. The van der Waals surface area contributed by atoms with Gasteiger partial charge in [-0.25, -0.2) is 4.79 Å². The summed E-state index contributed by atoms with van der Waals surface area (Å²) in [6.45, 7) is 7.49. The quantitative estimate of drug-likeness (QED) is 0.122. The van der Waals surface area contributed by atoms with E-state index in [4.69, 9.17) is 28.4 Å². The average molecular weight is 755 g/mol. The van der Waals surface area contributed by atoms with E-state index in [1.165, 1.54) is 6.92 Å². The molecule has 0 spiro atoms. The van der Waals surface area contributed by atoms with Gasteiger partial charge in [-0.15, -0.1) is 11.8 Å². The Morgan fingerprint density at radius 2 is 1.34 bits per heavy atom. The van der Waals surface area contributed by atoms with Gasteiger partial charge in [0.15, 0.2) is 18.3 Å². The van der Waals surface area contributed by atoms with Crippen LogP contribution in [-0.2, 0) is 54.3 Å². The van der Waals surface area contributed by atoms with E-state index in [2.05, 4.69) is 5.32 Å². The van der Waals surface area contributed by atoms with Gasteiger partial charge in [0.2, 0.25) is 0 Å². The summed E-state index contributed by atoms with van der Waals surface area (Å²) in [5, 5.41) is 14.0. The Hall–Kier alpha value is -5.38. The van der Waals surface area contributed by atoms with Crippen molar-refractivity contribution in [2.75, 3.05) is 13.2 Å². The topological polar surface area (TPSA) is 196 Å². The first-order valence-corrected chi connectivity index (χ1v) is 17.7. The maximum absolute atomic E-state index is 14.0. The number of nitro groups is 1. The normalized spacial score (nSPS) is 22.5. The number of benzene rings is 2. The first kappa shape index (κ1) is 40.4. The molecule has 0 aliphatic carbocycles. The van der Waals surface area contributed by atoms with Crippen molar-refractivity contribution in [2.45, 2.75) is 89.3 Å². The molecule has 1 unspecified atom stereocenters. The second kappa shape index (κ2) is 18.4. The lowest BCUT2D eigenvalue weighted by atomic mass is 9.83. The molecule has 6 atom stereocenters. The number of hydrogen-bond acceptors (Lipinski definition) is 15. The third-order valence-corrected chi connectivity index (χ3v) is 9.94. The molecule has 2 aliphatic heterocycles. The molecule has 2 aromatic carbocycles. The second-order valence-corrected chi connectivity index (χ2v) is 13.8. The van der Waals surface area contributed by atoms with Crippen LogP contribution in [0.4, 0.5) is 0 Å². The highest BCUT2D eigenvalue weighted by Crippen LogP contribution is 2.43. The summed E-state index contributed by atoms with van der Waals surface area (Å²) in [5.41, 5.74) is 1.57. The number of thioether (sulfide) groups is 1. The first-order valence-electron chi connectivity index (χ1n) is 16.7. The number of esters is 5. The van der Waals surface area contributed by atoms with Gasteiger partial charge in [-0.3, -0.25) is 29.3 Å². The van der Waals surface area contributed by atoms with Crippen molar-refractivity contribution in [1.29, 1.82) is 0 Å². The Morgan fingerprint density at radius 1 is 0.755 bits per heavy atom. The third-order valence-electron chi connectivity index (χ3n) is 8.33. The van der Waals surface area contributed by atoms with Crippen LogP contribution in [0.3, 0.4) is 0 Å². The molecular formula is C37H42N2O13S. The maximum Gasteiger partial charge on any atom is 0.336 e. The first-order chi connectivity index (χ1) is 25.2. The molecule has 0 saturated carbocycles. The molecule has 284 valence electrons. The van der Waals surface area contributed by atoms with E-state index in [0.29, 0.717) is 17.0 Å². The number of para-hydroxylation sites is 1. The van der Waals surface area contributed by atoms with Crippen LogP contribution in [-0.4, -0.2) is 76.8 Å². The van der Waals surface area contributed by atoms with Crippen LogP contribution >= 0.6 is 11.8 Å². The van der Waals surface area contributed by atoms with E-state index in [9.17, 15) is 34.1 Å². The monoisotopic (exact) mass is 754 g/mol. The van der Waals surface area contributed by atoms with E-state index in [0.717, 1.165) is 38.1 Å². The highest BCUT2D eigenvalue weighted by atomic mass is 32.2. The molecule has 0 aromatic heterocycles. The molecule has 1 saturated heterocycles. The summed E-state index contributed by atoms with van der Waals surface area (Å²) in [5.74, 6) is -4.45. The van der Waals surface area contributed by atoms with Gasteiger partial charge in [0.25, 0.3) is 5.70 Å². The minimum absolute atomic E-state index is 0.00802. The van der Waals surface area contributed by atoms with Crippen molar-refractivity contribution in [3.63, 3.8) is 0 Å². The lowest BCUT2D eigenvalue weighted by Gasteiger charge is -2.44. The average Bonchev–Trinajstić information content (AvgIpc) is 3.08. The molecular weight excluding hydrogens is 712 g/mol. The summed E-state index contributed by atoms with van der Waals surface area (Å²) in [7, 11) is 0. The summed E-state index contributed by atoms with van der Waals surface area (Å²) in [6, 6.07) is 16.1. The van der Waals surface area contributed by atoms with Gasteiger partial charge < -0.3 is 33.7 Å². The molecule has 16 heteroatoms. The molecule has 0 radical (unpaired) electrons. The fourth-order valence-corrected chi connectivity index (χ4v) is 7.84. The Labute approximate surface area is 310 Å². The van der Waals surface area contributed by atoms with Gasteiger partial charge >= 0.3 is 29.8 Å². The van der Waals surface area contributed by atoms with Crippen LogP contribution in [0.5, 0.6) is 5.75 Å². The molecule has 0 amide bonds. The molecule has 2 heterocycles. The molecule has 2 aliphatic rings.